The molecule has 19 heavy (non-hydrogen) atoms. The molecule has 2 aliphatic rings. The van der Waals surface area contributed by atoms with Gasteiger partial charge < -0.3 is 10.6 Å². The second kappa shape index (κ2) is 4.49. The summed E-state index contributed by atoms with van der Waals surface area (Å²) in [6, 6.07) is 9.98. The number of nitrogens with zero attached hydrogens (tertiary/aromatic N) is 1. The number of rotatable bonds is 5. The van der Waals surface area contributed by atoms with Crippen molar-refractivity contribution in [3.63, 3.8) is 0 Å². The summed E-state index contributed by atoms with van der Waals surface area (Å²) in [5.41, 5.74) is 1.31. The van der Waals surface area contributed by atoms with Crippen molar-refractivity contribution in [1.29, 1.82) is 0 Å². The van der Waals surface area contributed by atoms with Crippen molar-refractivity contribution in [3.8, 4) is 0 Å². The molecule has 2 fully saturated rings. The summed E-state index contributed by atoms with van der Waals surface area (Å²) >= 11 is 0. The lowest BCUT2D eigenvalue weighted by molar-refractivity contribution is 0.689. The Balaban J connectivity index is 1.68. The molecule has 98 valence electrons. The first kappa shape index (κ1) is 11.2. The molecule has 0 saturated heterocycles. The first-order valence-electron chi connectivity index (χ1n) is 7.27. The van der Waals surface area contributed by atoms with Gasteiger partial charge in [0.15, 0.2) is 0 Å². The van der Waals surface area contributed by atoms with Crippen molar-refractivity contribution in [2.45, 2.75) is 44.3 Å². The number of pyridine rings is 1. The summed E-state index contributed by atoms with van der Waals surface area (Å²) in [7, 11) is 0. The summed E-state index contributed by atoms with van der Waals surface area (Å²) in [5, 5.41) is 9.69. The van der Waals surface area contributed by atoms with E-state index in [1.807, 2.05) is 6.20 Å². The predicted molar refractivity (Wildman–Crippen MR) is 78.2 cm³/mol. The Bertz CT molecular complexity index is 600. The number of nitrogens with one attached hydrogen (secondary N) is 2. The number of aromatic nitrogens is 1. The third-order valence-electron chi connectivity index (χ3n) is 3.95. The fourth-order valence-electron chi connectivity index (χ4n) is 2.47. The number of benzene rings is 1. The topological polar surface area (TPSA) is 37.0 Å². The maximum absolute atomic E-state index is 4.63. The molecule has 2 aromatic rings. The van der Waals surface area contributed by atoms with Crippen LogP contribution >= 0.6 is 0 Å². The van der Waals surface area contributed by atoms with Crippen LogP contribution in [-0.2, 0) is 6.54 Å². The van der Waals surface area contributed by atoms with Gasteiger partial charge in [-0.2, -0.15) is 0 Å². The molecule has 2 saturated carbocycles. The highest BCUT2D eigenvalue weighted by Gasteiger charge is 2.23. The molecule has 3 heteroatoms. The number of hydrogen-bond donors (Lipinski definition) is 2. The maximum Gasteiger partial charge on any atom is 0.134 e. The lowest BCUT2D eigenvalue weighted by atomic mass is 10.1. The molecular weight excluding hydrogens is 234 g/mol. The SMILES string of the molecule is c1ccc2c(NC3CC3)ncc(CNC3CC3)c2c1. The largest absolute Gasteiger partial charge is 0.367 e. The summed E-state index contributed by atoms with van der Waals surface area (Å²) < 4.78 is 0. The van der Waals surface area contributed by atoms with E-state index in [4.69, 9.17) is 0 Å². The fraction of sp³-hybridized carbons (Fsp3) is 0.438. The fourth-order valence-corrected chi connectivity index (χ4v) is 2.47. The Labute approximate surface area is 113 Å². The minimum Gasteiger partial charge on any atom is -0.367 e. The Kier molecular flexibility index (Phi) is 2.66. The number of fused-ring (bicyclic) bond motifs is 1. The predicted octanol–water partition coefficient (Wildman–Crippen LogP) is 3.06. The monoisotopic (exact) mass is 253 g/mol. The van der Waals surface area contributed by atoms with Crippen LogP contribution in [0.4, 0.5) is 5.82 Å². The molecule has 0 spiro atoms. The van der Waals surface area contributed by atoms with Gasteiger partial charge in [-0.1, -0.05) is 24.3 Å². The van der Waals surface area contributed by atoms with Crippen LogP contribution in [0.1, 0.15) is 31.2 Å². The van der Waals surface area contributed by atoms with E-state index in [0.29, 0.717) is 6.04 Å². The van der Waals surface area contributed by atoms with E-state index < -0.39 is 0 Å². The minimum atomic E-state index is 0.645. The van der Waals surface area contributed by atoms with E-state index in [9.17, 15) is 0 Å². The molecule has 0 bridgehead atoms. The first-order chi connectivity index (χ1) is 9.40. The summed E-state index contributed by atoms with van der Waals surface area (Å²) in [4.78, 5) is 4.63. The Morgan fingerprint density at radius 1 is 1.00 bits per heavy atom. The molecule has 2 aliphatic carbocycles. The molecule has 0 unspecified atom stereocenters. The van der Waals surface area contributed by atoms with Gasteiger partial charge in [0.05, 0.1) is 0 Å². The zero-order chi connectivity index (χ0) is 12.7. The van der Waals surface area contributed by atoms with Crippen LogP contribution in [-0.4, -0.2) is 17.1 Å². The molecule has 1 aromatic carbocycles. The van der Waals surface area contributed by atoms with Gasteiger partial charge in [0.1, 0.15) is 5.82 Å². The Hall–Kier alpha value is -1.61. The number of hydrogen-bond acceptors (Lipinski definition) is 3. The highest BCUT2D eigenvalue weighted by atomic mass is 15.0. The van der Waals surface area contributed by atoms with E-state index in [2.05, 4.69) is 39.9 Å². The molecule has 2 N–H and O–H groups in total. The lowest BCUT2D eigenvalue weighted by Gasteiger charge is -2.12. The Morgan fingerprint density at radius 3 is 2.47 bits per heavy atom. The minimum absolute atomic E-state index is 0.645. The van der Waals surface area contributed by atoms with Gasteiger partial charge in [0.25, 0.3) is 0 Å². The molecule has 0 amide bonds. The van der Waals surface area contributed by atoms with Crippen molar-refractivity contribution >= 4 is 16.6 Å². The van der Waals surface area contributed by atoms with Gasteiger partial charge in [-0.05, 0) is 36.6 Å². The van der Waals surface area contributed by atoms with Gasteiger partial charge in [0.2, 0.25) is 0 Å². The van der Waals surface area contributed by atoms with Gasteiger partial charge in [-0.3, -0.25) is 0 Å². The quantitative estimate of drug-likeness (QED) is 0.860. The van der Waals surface area contributed by atoms with Crippen molar-refractivity contribution < 1.29 is 0 Å². The molecule has 1 aromatic heterocycles. The van der Waals surface area contributed by atoms with Crippen LogP contribution in [0.3, 0.4) is 0 Å². The van der Waals surface area contributed by atoms with E-state index in [1.54, 1.807) is 0 Å². The smallest absolute Gasteiger partial charge is 0.134 e. The van der Waals surface area contributed by atoms with Crippen LogP contribution in [0.2, 0.25) is 0 Å². The zero-order valence-corrected chi connectivity index (χ0v) is 11.0. The third kappa shape index (κ3) is 2.43. The van der Waals surface area contributed by atoms with E-state index in [-0.39, 0.29) is 0 Å². The van der Waals surface area contributed by atoms with Crippen molar-refractivity contribution in [2.24, 2.45) is 0 Å². The third-order valence-corrected chi connectivity index (χ3v) is 3.95. The maximum atomic E-state index is 4.63. The van der Waals surface area contributed by atoms with E-state index >= 15 is 0 Å². The van der Waals surface area contributed by atoms with Gasteiger partial charge in [-0.25, -0.2) is 4.98 Å². The molecule has 0 aliphatic heterocycles. The molecule has 0 atom stereocenters. The van der Waals surface area contributed by atoms with Crippen molar-refractivity contribution in [2.75, 3.05) is 5.32 Å². The second-order valence-corrected chi connectivity index (χ2v) is 5.75. The summed E-state index contributed by atoms with van der Waals surface area (Å²) in [6.07, 6.45) is 7.24. The molecule has 1 heterocycles. The van der Waals surface area contributed by atoms with Crippen molar-refractivity contribution in [3.05, 3.63) is 36.0 Å². The van der Waals surface area contributed by atoms with Gasteiger partial charge in [0, 0.05) is 30.2 Å². The van der Waals surface area contributed by atoms with Crippen LogP contribution < -0.4 is 10.6 Å². The summed E-state index contributed by atoms with van der Waals surface area (Å²) in [6.45, 7) is 0.932. The average Bonchev–Trinajstić information content (AvgIpc) is 3.33. The average molecular weight is 253 g/mol. The van der Waals surface area contributed by atoms with Crippen molar-refractivity contribution in [1.82, 2.24) is 10.3 Å². The molecule has 4 rings (SSSR count). The van der Waals surface area contributed by atoms with E-state index in [0.717, 1.165) is 18.4 Å². The standard InChI is InChI=1S/C16H19N3/c1-2-4-15-14(3-1)11(9-17-12-5-6-12)10-18-16(15)19-13-7-8-13/h1-4,10,12-13,17H,5-9H2,(H,18,19). The van der Waals surface area contributed by atoms with Crippen LogP contribution in [0.25, 0.3) is 10.8 Å². The number of anilines is 1. The Morgan fingerprint density at radius 2 is 1.74 bits per heavy atom. The molecule has 0 radical (unpaired) electrons. The van der Waals surface area contributed by atoms with Crippen LogP contribution in [0.5, 0.6) is 0 Å². The lowest BCUT2D eigenvalue weighted by Crippen LogP contribution is -2.16. The highest BCUT2D eigenvalue weighted by molar-refractivity contribution is 5.94. The van der Waals surface area contributed by atoms with Crippen LogP contribution in [0.15, 0.2) is 30.5 Å². The van der Waals surface area contributed by atoms with E-state index in [1.165, 1.54) is 42.0 Å². The summed E-state index contributed by atoms with van der Waals surface area (Å²) in [5.74, 6) is 1.05. The van der Waals surface area contributed by atoms with Gasteiger partial charge >= 0.3 is 0 Å². The second-order valence-electron chi connectivity index (χ2n) is 5.75. The first-order valence-corrected chi connectivity index (χ1v) is 7.27. The molecular formula is C16H19N3. The zero-order valence-electron chi connectivity index (χ0n) is 11.0. The molecule has 3 nitrogen and oxygen atoms in total. The van der Waals surface area contributed by atoms with Gasteiger partial charge in [-0.15, -0.1) is 0 Å². The normalized spacial score (nSPS) is 18.7. The highest BCUT2D eigenvalue weighted by Crippen LogP contribution is 2.30. The van der Waals surface area contributed by atoms with Crippen LogP contribution in [0, 0.1) is 0 Å².